The average molecular weight is 182 g/mol. The van der Waals surface area contributed by atoms with Crippen LogP contribution in [0.2, 0.25) is 0 Å². The lowest BCUT2D eigenvalue weighted by Crippen LogP contribution is -2.54. The van der Waals surface area contributed by atoms with E-state index in [4.69, 9.17) is 4.74 Å². The van der Waals surface area contributed by atoms with Gasteiger partial charge in [-0.25, -0.2) is 0 Å². The summed E-state index contributed by atoms with van der Waals surface area (Å²) in [5.74, 6) is 0.480. The molecule has 72 valence electrons. The molecule has 3 heteroatoms. The van der Waals surface area contributed by atoms with Gasteiger partial charge in [0.1, 0.15) is 11.4 Å². The summed E-state index contributed by atoms with van der Waals surface area (Å²) in [6.07, 6.45) is 2.52. The van der Waals surface area contributed by atoms with Crippen LogP contribution >= 0.6 is 0 Å². The minimum absolute atomic E-state index is 0.00333. The quantitative estimate of drug-likeness (QED) is 0.574. The molecule has 0 aromatic rings. The second kappa shape index (κ2) is 2.56. The van der Waals surface area contributed by atoms with Gasteiger partial charge in [0.2, 0.25) is 0 Å². The van der Waals surface area contributed by atoms with Crippen molar-refractivity contribution in [3.63, 3.8) is 0 Å². The molecule has 0 radical (unpaired) electrons. The Labute approximate surface area is 77.4 Å². The summed E-state index contributed by atoms with van der Waals surface area (Å²) in [6, 6.07) is 0. The lowest BCUT2D eigenvalue weighted by Gasteiger charge is -2.47. The van der Waals surface area contributed by atoms with E-state index in [-0.39, 0.29) is 17.7 Å². The topological polar surface area (TPSA) is 43.4 Å². The van der Waals surface area contributed by atoms with Crippen molar-refractivity contribution < 1.29 is 14.3 Å². The number of rotatable bonds is 1. The van der Waals surface area contributed by atoms with Gasteiger partial charge in [-0.15, -0.1) is 0 Å². The zero-order valence-corrected chi connectivity index (χ0v) is 8.00. The first-order valence-electron chi connectivity index (χ1n) is 4.75. The van der Waals surface area contributed by atoms with Crippen LogP contribution in [0.4, 0.5) is 0 Å². The third-order valence-electron chi connectivity index (χ3n) is 3.28. The molecule has 0 aromatic carbocycles. The molecule has 2 fully saturated rings. The van der Waals surface area contributed by atoms with Crippen LogP contribution in [0.1, 0.15) is 33.1 Å². The number of ether oxygens (including phenoxy) is 1. The van der Waals surface area contributed by atoms with Crippen LogP contribution in [-0.2, 0) is 14.3 Å². The Morgan fingerprint density at radius 2 is 2.31 bits per heavy atom. The van der Waals surface area contributed by atoms with E-state index in [0.717, 1.165) is 12.8 Å². The number of ketones is 1. The molecule has 0 aliphatic heterocycles. The molecular weight excluding hydrogens is 168 g/mol. The maximum atomic E-state index is 11.4. The van der Waals surface area contributed by atoms with Gasteiger partial charge in [0.05, 0.1) is 5.92 Å². The summed E-state index contributed by atoms with van der Waals surface area (Å²) in [5.41, 5.74) is -0.482. The second-order valence-electron chi connectivity index (χ2n) is 4.35. The van der Waals surface area contributed by atoms with Crippen molar-refractivity contribution >= 4 is 11.8 Å². The van der Waals surface area contributed by atoms with Crippen LogP contribution in [0.25, 0.3) is 0 Å². The Morgan fingerprint density at radius 1 is 1.62 bits per heavy atom. The largest absolute Gasteiger partial charge is 0.459 e. The van der Waals surface area contributed by atoms with Crippen LogP contribution in [0.5, 0.6) is 0 Å². The maximum Gasteiger partial charge on any atom is 0.303 e. The Balaban J connectivity index is 2.10. The summed E-state index contributed by atoms with van der Waals surface area (Å²) in [6.45, 7) is 3.27. The van der Waals surface area contributed by atoms with E-state index in [2.05, 4.69) is 0 Å². The number of carbonyl (C=O) groups excluding carboxylic acids is 2. The third-order valence-corrected chi connectivity index (χ3v) is 3.28. The number of esters is 1. The highest BCUT2D eigenvalue weighted by molar-refractivity contribution is 5.86. The minimum atomic E-state index is -0.482. The molecule has 0 heterocycles. The van der Waals surface area contributed by atoms with Gasteiger partial charge in [-0.3, -0.25) is 9.59 Å². The molecule has 2 saturated carbocycles. The minimum Gasteiger partial charge on any atom is -0.459 e. The van der Waals surface area contributed by atoms with Crippen molar-refractivity contribution in [1.82, 2.24) is 0 Å². The fraction of sp³-hybridized carbons (Fsp3) is 0.800. The molecule has 0 spiro atoms. The smallest absolute Gasteiger partial charge is 0.303 e. The fourth-order valence-electron chi connectivity index (χ4n) is 2.89. The molecule has 3 unspecified atom stereocenters. The first-order chi connectivity index (χ1) is 6.03. The van der Waals surface area contributed by atoms with Gasteiger partial charge in [0.15, 0.2) is 0 Å². The predicted molar refractivity (Wildman–Crippen MR) is 46.0 cm³/mol. The van der Waals surface area contributed by atoms with Crippen LogP contribution in [0.15, 0.2) is 0 Å². The summed E-state index contributed by atoms with van der Waals surface area (Å²) >= 11 is 0. The normalized spacial score (nSPS) is 42.5. The molecule has 3 nitrogen and oxygen atoms in total. The second-order valence-corrected chi connectivity index (χ2v) is 4.35. The zero-order valence-electron chi connectivity index (χ0n) is 8.00. The molecule has 2 rings (SSSR count). The molecule has 13 heavy (non-hydrogen) atoms. The first-order valence-corrected chi connectivity index (χ1v) is 4.75. The van der Waals surface area contributed by atoms with Crippen molar-refractivity contribution in [2.45, 2.75) is 38.7 Å². The lowest BCUT2D eigenvalue weighted by molar-refractivity contribution is -0.184. The Bertz CT molecular complexity index is 271. The highest BCUT2D eigenvalue weighted by Gasteiger charge is 2.59. The SMILES string of the molecule is CC(=O)OC1(C)CC2CCC(=O)C21. The van der Waals surface area contributed by atoms with E-state index in [1.165, 1.54) is 6.92 Å². The molecular formula is C10H14O3. The molecule has 0 amide bonds. The van der Waals surface area contributed by atoms with Gasteiger partial charge in [0, 0.05) is 13.3 Å². The van der Waals surface area contributed by atoms with Crippen molar-refractivity contribution in [2.24, 2.45) is 11.8 Å². The lowest BCUT2D eigenvalue weighted by atomic mass is 9.63. The number of hydrogen-bond donors (Lipinski definition) is 0. The van der Waals surface area contributed by atoms with Crippen LogP contribution in [-0.4, -0.2) is 17.4 Å². The van der Waals surface area contributed by atoms with Gasteiger partial charge in [0.25, 0.3) is 0 Å². The first kappa shape index (κ1) is 8.73. The molecule has 0 aromatic heterocycles. The van der Waals surface area contributed by atoms with Gasteiger partial charge < -0.3 is 4.74 Å². The molecule has 0 saturated heterocycles. The van der Waals surface area contributed by atoms with E-state index in [1.54, 1.807) is 0 Å². The zero-order chi connectivity index (χ0) is 9.64. The summed E-state index contributed by atoms with van der Waals surface area (Å²) in [4.78, 5) is 22.3. The number of carbonyl (C=O) groups is 2. The third kappa shape index (κ3) is 1.18. The van der Waals surface area contributed by atoms with E-state index in [9.17, 15) is 9.59 Å². The van der Waals surface area contributed by atoms with Gasteiger partial charge >= 0.3 is 5.97 Å². The van der Waals surface area contributed by atoms with Crippen molar-refractivity contribution in [2.75, 3.05) is 0 Å². The van der Waals surface area contributed by atoms with Gasteiger partial charge in [-0.05, 0) is 25.7 Å². The molecule has 0 N–H and O–H groups in total. The van der Waals surface area contributed by atoms with Crippen molar-refractivity contribution in [3.05, 3.63) is 0 Å². The van der Waals surface area contributed by atoms with Crippen LogP contribution < -0.4 is 0 Å². The summed E-state index contributed by atoms with van der Waals surface area (Å²) in [7, 11) is 0. The molecule has 2 aliphatic rings. The Hall–Kier alpha value is -0.860. The van der Waals surface area contributed by atoms with Crippen LogP contribution in [0.3, 0.4) is 0 Å². The average Bonchev–Trinajstić information content (AvgIpc) is 2.24. The van der Waals surface area contributed by atoms with E-state index in [0.29, 0.717) is 12.3 Å². The highest BCUT2D eigenvalue weighted by Crippen LogP contribution is 2.53. The number of hydrogen-bond acceptors (Lipinski definition) is 3. The molecule has 2 aliphatic carbocycles. The predicted octanol–water partition coefficient (Wildman–Crippen LogP) is 1.31. The van der Waals surface area contributed by atoms with Gasteiger partial charge in [-0.1, -0.05) is 0 Å². The molecule has 3 atom stereocenters. The highest BCUT2D eigenvalue weighted by atomic mass is 16.6. The monoisotopic (exact) mass is 182 g/mol. The number of fused-ring (bicyclic) bond motifs is 1. The van der Waals surface area contributed by atoms with Gasteiger partial charge in [-0.2, -0.15) is 0 Å². The van der Waals surface area contributed by atoms with E-state index >= 15 is 0 Å². The Morgan fingerprint density at radius 3 is 2.85 bits per heavy atom. The van der Waals surface area contributed by atoms with Crippen molar-refractivity contribution in [1.29, 1.82) is 0 Å². The van der Waals surface area contributed by atoms with Crippen molar-refractivity contribution in [3.8, 4) is 0 Å². The standard InChI is InChI=1S/C10H14O3/c1-6(11)13-10(2)5-7-3-4-8(12)9(7)10/h7,9H,3-5H2,1-2H3. The van der Waals surface area contributed by atoms with E-state index in [1.807, 2.05) is 6.92 Å². The van der Waals surface area contributed by atoms with E-state index < -0.39 is 5.60 Å². The summed E-state index contributed by atoms with van der Waals surface area (Å²) in [5, 5.41) is 0. The Kier molecular flexibility index (Phi) is 1.72. The molecule has 0 bridgehead atoms. The fourth-order valence-corrected chi connectivity index (χ4v) is 2.89. The summed E-state index contributed by atoms with van der Waals surface area (Å²) < 4.78 is 5.20. The van der Waals surface area contributed by atoms with Crippen LogP contribution in [0, 0.1) is 11.8 Å². The number of Topliss-reactive ketones (excluding diaryl/α,β-unsaturated/α-hetero) is 1. The maximum absolute atomic E-state index is 11.4.